The van der Waals surface area contributed by atoms with Crippen LogP contribution in [-0.4, -0.2) is 108 Å². The Bertz CT molecular complexity index is 2550. The number of ether oxygens (including phenoxy) is 2. The van der Waals surface area contributed by atoms with Gasteiger partial charge in [-0.1, -0.05) is 95.2 Å². The zero-order valence-electron chi connectivity index (χ0n) is 41.7. The molecule has 12 rings (SSSR count). The topological polar surface area (TPSA) is 161 Å². The van der Waals surface area contributed by atoms with Crippen LogP contribution in [0.25, 0.3) is 0 Å². The lowest BCUT2D eigenvalue weighted by Gasteiger charge is -2.30. The van der Waals surface area contributed by atoms with Crippen LogP contribution >= 0.6 is 0 Å². The summed E-state index contributed by atoms with van der Waals surface area (Å²) >= 11 is 0. The van der Waals surface area contributed by atoms with Crippen LogP contribution in [0.4, 0.5) is 0 Å². The van der Waals surface area contributed by atoms with Crippen LogP contribution in [0, 0.1) is 0 Å². The van der Waals surface area contributed by atoms with E-state index in [1.165, 1.54) is 49.3 Å². The Kier molecular flexibility index (Phi) is 14.2. The Morgan fingerprint density at radius 1 is 0.556 bits per heavy atom. The second kappa shape index (κ2) is 21.2. The number of piperidine rings is 2. The van der Waals surface area contributed by atoms with E-state index in [0.29, 0.717) is 46.9 Å². The molecule has 6 aromatic rings. The first-order valence-electron chi connectivity index (χ1n) is 26.3. The summed E-state index contributed by atoms with van der Waals surface area (Å²) < 4.78 is 21.1. The monoisotopic (exact) mass is 973 g/mol. The molecule has 2 aliphatic heterocycles. The lowest BCUT2D eigenvalue weighted by Crippen LogP contribution is -2.32. The van der Waals surface area contributed by atoms with Crippen molar-refractivity contribution in [3.8, 4) is 0 Å². The minimum Gasteiger partial charge on any atom is -0.465 e. The number of carbonyl (C=O) groups excluding carboxylic acids is 2. The first-order chi connectivity index (χ1) is 35.3. The number of aromatic nitrogens is 4. The molecule has 4 heterocycles. The fourth-order valence-electron chi connectivity index (χ4n) is 11.0. The van der Waals surface area contributed by atoms with Gasteiger partial charge in [0, 0.05) is 72.8 Å². The number of methoxy groups -OCH3 is 2. The fraction of sp³-hybridized carbons (Fsp3) is 0.483. The smallest absolute Gasteiger partial charge is 0.337 e. The van der Waals surface area contributed by atoms with Gasteiger partial charge in [-0.3, -0.25) is 9.80 Å². The predicted octanol–water partition coefficient (Wildman–Crippen LogP) is 8.83. The van der Waals surface area contributed by atoms with Gasteiger partial charge in [0.15, 0.2) is 11.6 Å². The molecule has 2 unspecified atom stereocenters. The number of benzene rings is 4. The maximum absolute atomic E-state index is 11.6. The van der Waals surface area contributed by atoms with Crippen LogP contribution in [0.3, 0.4) is 0 Å². The average Bonchev–Trinajstić information content (AvgIpc) is 4.35. The highest BCUT2D eigenvalue weighted by atomic mass is 16.5. The summed E-state index contributed by atoms with van der Waals surface area (Å²) in [7, 11) is 2.81. The summed E-state index contributed by atoms with van der Waals surface area (Å²) in [6, 6.07) is 38.1. The fourth-order valence-corrected chi connectivity index (χ4v) is 11.0. The van der Waals surface area contributed by atoms with Crippen molar-refractivity contribution in [2.24, 2.45) is 0 Å². The van der Waals surface area contributed by atoms with E-state index < -0.39 is 0 Å². The normalized spacial score (nSPS) is 23.4. The highest BCUT2D eigenvalue weighted by Gasteiger charge is 2.52. The van der Waals surface area contributed by atoms with E-state index >= 15 is 0 Å². The summed E-state index contributed by atoms with van der Waals surface area (Å²) in [6.45, 7) is 7.62. The Labute approximate surface area is 422 Å². The van der Waals surface area contributed by atoms with Crippen LogP contribution in [0.1, 0.15) is 154 Å². The van der Waals surface area contributed by atoms with Gasteiger partial charge in [0.1, 0.15) is 0 Å². The molecule has 4 atom stereocenters. The van der Waals surface area contributed by atoms with Crippen molar-refractivity contribution in [1.82, 2.24) is 40.7 Å². The zero-order chi connectivity index (χ0) is 49.1. The molecule has 4 aromatic carbocycles. The number of likely N-dealkylation sites (tertiary alicyclic amines) is 2. The number of nitrogens with one attached hydrogen (secondary N) is 2. The van der Waals surface area contributed by atoms with Gasteiger partial charge in [-0.25, -0.2) is 9.59 Å². The SMILES string of the molecule is COC(=O)c1ccc(CN2CCC(c3nc(C4(CN[C@H]5CC5c5ccccc5)CC4)no3)CC2)cc1.COC(=O)c1ccc(CN2CCC(c3nc(C4(CN[C@H]5CC5c5ccccc5)CC4)no3)CC2)cc1. The number of hydrogen-bond donors (Lipinski definition) is 2. The number of nitrogens with zero attached hydrogens (tertiary/aromatic N) is 6. The van der Waals surface area contributed by atoms with E-state index in [0.717, 1.165) is 127 Å². The standard InChI is InChI=1S/2C29H34N4O3/c2*1-35-27(34)23-9-7-20(8-10-23)18-33-15-11-22(12-16-33)26-31-28(32-36-26)29(13-14-29)19-30-25-17-24(25)21-5-3-2-4-6-21/h2*2-10,22,24-25,30H,11-19H2,1H3/t2*24?,25-/m00/s1. The molecule has 6 fully saturated rings. The number of esters is 2. The van der Waals surface area contributed by atoms with E-state index in [-0.39, 0.29) is 22.8 Å². The van der Waals surface area contributed by atoms with E-state index in [1.54, 1.807) is 0 Å². The quantitative estimate of drug-likeness (QED) is 0.0787. The van der Waals surface area contributed by atoms with Crippen molar-refractivity contribution in [3.63, 3.8) is 0 Å². The van der Waals surface area contributed by atoms with E-state index in [2.05, 4.69) is 91.4 Å². The highest BCUT2D eigenvalue weighted by molar-refractivity contribution is 5.89. The molecule has 2 aromatic heterocycles. The Morgan fingerprint density at radius 3 is 1.28 bits per heavy atom. The van der Waals surface area contributed by atoms with E-state index in [9.17, 15) is 9.59 Å². The molecule has 72 heavy (non-hydrogen) atoms. The second-order valence-electron chi connectivity index (χ2n) is 21.4. The molecule has 0 spiro atoms. The van der Waals surface area contributed by atoms with Gasteiger partial charge in [-0.05, 0) is 137 Å². The van der Waals surface area contributed by atoms with Gasteiger partial charge in [0.05, 0.1) is 25.3 Å². The molecule has 2 N–H and O–H groups in total. The first-order valence-corrected chi connectivity index (χ1v) is 26.3. The van der Waals surface area contributed by atoms with Crippen LogP contribution in [0.5, 0.6) is 0 Å². The number of carbonyl (C=O) groups is 2. The largest absolute Gasteiger partial charge is 0.465 e. The summed E-state index contributed by atoms with van der Waals surface area (Å²) in [6.07, 6.45) is 11.1. The van der Waals surface area contributed by atoms with Crippen molar-refractivity contribution in [2.75, 3.05) is 53.5 Å². The lowest BCUT2D eigenvalue weighted by atomic mass is 9.96. The molecule has 14 heteroatoms. The summed E-state index contributed by atoms with van der Waals surface area (Å²) in [5.74, 6) is 4.77. The Balaban J connectivity index is 0.000000156. The molecule has 4 saturated carbocycles. The van der Waals surface area contributed by atoms with Gasteiger partial charge in [0.25, 0.3) is 0 Å². The third-order valence-corrected chi connectivity index (χ3v) is 16.4. The van der Waals surface area contributed by atoms with Crippen molar-refractivity contribution in [2.45, 2.75) is 124 Å². The summed E-state index contributed by atoms with van der Waals surface area (Å²) in [5, 5.41) is 16.4. The molecule has 0 amide bonds. The van der Waals surface area contributed by atoms with Gasteiger partial charge >= 0.3 is 11.9 Å². The van der Waals surface area contributed by atoms with E-state index in [1.807, 2.05) is 48.5 Å². The zero-order valence-corrected chi connectivity index (χ0v) is 41.7. The molecular weight excluding hydrogens is 905 g/mol. The maximum Gasteiger partial charge on any atom is 0.337 e. The Morgan fingerprint density at radius 2 is 0.931 bits per heavy atom. The second-order valence-corrected chi connectivity index (χ2v) is 21.4. The molecule has 6 aliphatic rings. The minimum absolute atomic E-state index is 0.0582. The van der Waals surface area contributed by atoms with Gasteiger partial charge < -0.3 is 29.2 Å². The van der Waals surface area contributed by atoms with Crippen molar-refractivity contribution in [1.29, 1.82) is 0 Å². The van der Waals surface area contributed by atoms with Crippen LogP contribution in [-0.2, 0) is 33.4 Å². The first kappa shape index (κ1) is 48.2. The summed E-state index contributed by atoms with van der Waals surface area (Å²) in [5.41, 5.74) is 6.57. The summed E-state index contributed by atoms with van der Waals surface area (Å²) in [4.78, 5) is 38.0. The molecule has 376 valence electrons. The molecule has 2 saturated heterocycles. The molecule has 14 nitrogen and oxygen atoms in total. The molecular formula is C58H68N8O6. The van der Waals surface area contributed by atoms with Gasteiger partial charge in [-0.2, -0.15) is 9.97 Å². The van der Waals surface area contributed by atoms with Gasteiger partial charge in [0.2, 0.25) is 11.8 Å². The Hall–Kier alpha value is -6.06. The van der Waals surface area contributed by atoms with Crippen LogP contribution in [0.2, 0.25) is 0 Å². The number of rotatable bonds is 18. The van der Waals surface area contributed by atoms with Gasteiger partial charge in [-0.15, -0.1) is 0 Å². The lowest BCUT2D eigenvalue weighted by molar-refractivity contribution is 0.0592. The van der Waals surface area contributed by atoms with Crippen LogP contribution < -0.4 is 10.6 Å². The third-order valence-electron chi connectivity index (χ3n) is 16.4. The maximum atomic E-state index is 11.6. The average molecular weight is 973 g/mol. The van der Waals surface area contributed by atoms with Crippen molar-refractivity contribution >= 4 is 11.9 Å². The minimum atomic E-state index is -0.297. The van der Waals surface area contributed by atoms with Crippen molar-refractivity contribution in [3.05, 3.63) is 166 Å². The molecule has 4 aliphatic carbocycles. The van der Waals surface area contributed by atoms with E-state index in [4.69, 9.17) is 28.5 Å². The third kappa shape index (κ3) is 11.3. The van der Waals surface area contributed by atoms with Crippen molar-refractivity contribution < 1.29 is 28.1 Å². The number of hydrogen-bond acceptors (Lipinski definition) is 14. The predicted molar refractivity (Wildman–Crippen MR) is 272 cm³/mol. The molecule has 0 bridgehead atoms. The molecule has 0 radical (unpaired) electrons. The highest BCUT2D eigenvalue weighted by Crippen LogP contribution is 2.50. The van der Waals surface area contributed by atoms with Crippen LogP contribution in [0.15, 0.2) is 118 Å².